The third kappa shape index (κ3) is 5.89. The van der Waals surface area contributed by atoms with Gasteiger partial charge in [0.1, 0.15) is 11.5 Å². The van der Waals surface area contributed by atoms with Gasteiger partial charge < -0.3 is 14.4 Å². The summed E-state index contributed by atoms with van der Waals surface area (Å²) in [6, 6.07) is 3.48. The van der Waals surface area contributed by atoms with Crippen LogP contribution in [0.2, 0.25) is 0 Å². The molecule has 136 valence electrons. The van der Waals surface area contributed by atoms with Gasteiger partial charge in [0.25, 0.3) is 0 Å². The zero-order valence-electron chi connectivity index (χ0n) is 14.6. The van der Waals surface area contributed by atoms with Gasteiger partial charge in [-0.3, -0.25) is 0 Å². The maximum Gasteiger partial charge on any atom is 0.392 e. The summed E-state index contributed by atoms with van der Waals surface area (Å²) >= 11 is 0. The SMILES string of the molecule is Cc1cc(OCCC(F)(F)F)cc(C)c1OCC1CCCN(C)C1. The molecule has 1 aliphatic rings. The second-order valence-electron chi connectivity index (χ2n) is 6.68. The molecule has 3 nitrogen and oxygen atoms in total. The number of nitrogens with zero attached hydrogens (tertiary/aromatic N) is 1. The van der Waals surface area contributed by atoms with Gasteiger partial charge in [0.15, 0.2) is 0 Å². The van der Waals surface area contributed by atoms with Gasteiger partial charge in [-0.1, -0.05) is 0 Å². The molecule has 1 aromatic carbocycles. The minimum Gasteiger partial charge on any atom is -0.493 e. The van der Waals surface area contributed by atoms with E-state index in [1.807, 2.05) is 13.8 Å². The van der Waals surface area contributed by atoms with Crippen LogP contribution in [0, 0.1) is 19.8 Å². The molecule has 1 aliphatic heterocycles. The van der Waals surface area contributed by atoms with E-state index < -0.39 is 12.6 Å². The summed E-state index contributed by atoms with van der Waals surface area (Å²) in [5.41, 5.74) is 1.78. The Balaban J connectivity index is 1.91. The molecule has 0 aliphatic carbocycles. The van der Waals surface area contributed by atoms with Crippen molar-refractivity contribution in [2.75, 3.05) is 33.4 Å². The van der Waals surface area contributed by atoms with E-state index in [9.17, 15) is 13.2 Å². The van der Waals surface area contributed by atoms with Gasteiger partial charge in [-0.05, 0) is 63.5 Å². The average molecular weight is 345 g/mol. The van der Waals surface area contributed by atoms with Crippen molar-refractivity contribution in [1.29, 1.82) is 0 Å². The van der Waals surface area contributed by atoms with Crippen LogP contribution in [0.4, 0.5) is 13.2 Å². The van der Waals surface area contributed by atoms with Gasteiger partial charge >= 0.3 is 6.18 Å². The van der Waals surface area contributed by atoms with Crippen molar-refractivity contribution in [3.8, 4) is 11.5 Å². The average Bonchev–Trinajstić information content (AvgIpc) is 2.45. The highest BCUT2D eigenvalue weighted by molar-refractivity contribution is 5.46. The standard InChI is InChI=1S/C18H26F3NO2/c1-13-9-16(23-8-6-18(19,20)21)10-14(2)17(13)24-12-15-5-4-7-22(3)11-15/h9-10,15H,4-8,11-12H2,1-3H3. The Labute approximate surface area is 141 Å². The monoisotopic (exact) mass is 345 g/mol. The van der Waals surface area contributed by atoms with E-state index in [0.29, 0.717) is 18.3 Å². The van der Waals surface area contributed by atoms with Crippen molar-refractivity contribution in [2.45, 2.75) is 39.3 Å². The molecule has 0 bridgehead atoms. The fraction of sp³-hybridized carbons (Fsp3) is 0.667. The molecule has 1 heterocycles. The van der Waals surface area contributed by atoms with Crippen LogP contribution in [0.15, 0.2) is 12.1 Å². The first-order valence-corrected chi connectivity index (χ1v) is 8.37. The van der Waals surface area contributed by atoms with Crippen LogP contribution in [0.1, 0.15) is 30.4 Å². The third-order valence-electron chi connectivity index (χ3n) is 4.27. The second kappa shape index (κ2) is 8.10. The highest BCUT2D eigenvalue weighted by atomic mass is 19.4. The van der Waals surface area contributed by atoms with Crippen LogP contribution in [0.5, 0.6) is 11.5 Å². The number of piperidine rings is 1. The minimum absolute atomic E-state index is 0.364. The van der Waals surface area contributed by atoms with Gasteiger partial charge in [0.2, 0.25) is 0 Å². The molecule has 1 atom stereocenters. The summed E-state index contributed by atoms with van der Waals surface area (Å²) in [6.07, 6.45) is -2.78. The van der Waals surface area contributed by atoms with E-state index >= 15 is 0 Å². The number of ether oxygens (including phenoxy) is 2. The largest absolute Gasteiger partial charge is 0.493 e. The van der Waals surface area contributed by atoms with Crippen LogP contribution in [0.25, 0.3) is 0 Å². The first kappa shape index (κ1) is 18.9. The molecule has 0 amide bonds. The number of hydrogen-bond acceptors (Lipinski definition) is 3. The summed E-state index contributed by atoms with van der Waals surface area (Å²) in [4.78, 5) is 2.31. The van der Waals surface area contributed by atoms with E-state index in [4.69, 9.17) is 9.47 Å². The van der Waals surface area contributed by atoms with Crippen LogP contribution in [0.3, 0.4) is 0 Å². The molecule has 0 N–H and O–H groups in total. The van der Waals surface area contributed by atoms with Gasteiger partial charge in [-0.2, -0.15) is 13.2 Å². The van der Waals surface area contributed by atoms with Crippen LogP contribution in [-0.2, 0) is 0 Å². The van der Waals surface area contributed by atoms with Crippen molar-refractivity contribution in [3.05, 3.63) is 23.3 Å². The second-order valence-corrected chi connectivity index (χ2v) is 6.68. The molecular formula is C18H26F3NO2. The summed E-state index contributed by atoms with van der Waals surface area (Å²) in [5, 5.41) is 0. The Kier molecular flexibility index (Phi) is 6.38. The molecule has 0 radical (unpaired) electrons. The van der Waals surface area contributed by atoms with Gasteiger partial charge in [-0.25, -0.2) is 0 Å². The summed E-state index contributed by atoms with van der Waals surface area (Å²) in [5.74, 6) is 1.79. The first-order valence-electron chi connectivity index (χ1n) is 8.37. The Bertz CT molecular complexity index is 523. The lowest BCUT2D eigenvalue weighted by Crippen LogP contribution is -2.34. The van der Waals surface area contributed by atoms with Gasteiger partial charge in [0, 0.05) is 12.5 Å². The van der Waals surface area contributed by atoms with Crippen LogP contribution in [-0.4, -0.2) is 44.4 Å². The molecular weight excluding hydrogens is 319 g/mol. The normalized spacial score (nSPS) is 19.3. The molecule has 1 aromatic rings. The quantitative estimate of drug-likeness (QED) is 0.765. The van der Waals surface area contributed by atoms with Crippen molar-refractivity contribution < 1.29 is 22.6 Å². The molecule has 24 heavy (non-hydrogen) atoms. The highest BCUT2D eigenvalue weighted by Crippen LogP contribution is 2.30. The summed E-state index contributed by atoms with van der Waals surface area (Å²) < 4.78 is 47.8. The molecule has 0 aromatic heterocycles. The van der Waals surface area contributed by atoms with E-state index in [1.165, 1.54) is 12.8 Å². The van der Waals surface area contributed by atoms with Crippen LogP contribution >= 0.6 is 0 Å². The van der Waals surface area contributed by atoms with E-state index in [2.05, 4.69) is 11.9 Å². The number of alkyl halides is 3. The maximum absolute atomic E-state index is 12.2. The Morgan fingerprint density at radius 3 is 2.42 bits per heavy atom. The lowest BCUT2D eigenvalue weighted by Gasteiger charge is -2.29. The molecule has 0 saturated carbocycles. The maximum atomic E-state index is 12.2. The number of hydrogen-bond donors (Lipinski definition) is 0. The fourth-order valence-electron chi connectivity index (χ4n) is 3.12. The zero-order chi connectivity index (χ0) is 17.7. The van der Waals surface area contributed by atoms with E-state index in [1.54, 1.807) is 12.1 Å². The molecule has 1 fully saturated rings. The smallest absolute Gasteiger partial charge is 0.392 e. The number of halogens is 3. The van der Waals surface area contributed by atoms with Crippen molar-refractivity contribution in [2.24, 2.45) is 5.92 Å². The lowest BCUT2D eigenvalue weighted by molar-refractivity contribution is -0.139. The number of aryl methyl sites for hydroxylation is 2. The zero-order valence-corrected chi connectivity index (χ0v) is 14.6. The van der Waals surface area contributed by atoms with Gasteiger partial charge in [0.05, 0.1) is 19.6 Å². The Morgan fingerprint density at radius 2 is 1.83 bits per heavy atom. The summed E-state index contributed by atoms with van der Waals surface area (Å²) in [6.45, 7) is 6.27. The third-order valence-corrected chi connectivity index (χ3v) is 4.27. The molecule has 6 heteroatoms. The van der Waals surface area contributed by atoms with Gasteiger partial charge in [-0.15, -0.1) is 0 Å². The topological polar surface area (TPSA) is 21.7 Å². The predicted molar refractivity (Wildman–Crippen MR) is 87.8 cm³/mol. The Morgan fingerprint density at radius 1 is 1.17 bits per heavy atom. The molecule has 0 spiro atoms. The number of likely N-dealkylation sites (tertiary alicyclic amines) is 1. The van der Waals surface area contributed by atoms with E-state index in [0.717, 1.165) is 30.0 Å². The predicted octanol–water partition coefficient (Wildman–Crippen LogP) is 4.36. The lowest BCUT2D eigenvalue weighted by atomic mass is 9.99. The van der Waals surface area contributed by atoms with Crippen molar-refractivity contribution in [1.82, 2.24) is 4.90 Å². The highest BCUT2D eigenvalue weighted by Gasteiger charge is 2.27. The molecule has 2 rings (SSSR count). The van der Waals surface area contributed by atoms with E-state index in [-0.39, 0.29) is 6.61 Å². The van der Waals surface area contributed by atoms with Crippen molar-refractivity contribution >= 4 is 0 Å². The molecule has 1 saturated heterocycles. The number of benzene rings is 1. The first-order chi connectivity index (χ1) is 11.2. The minimum atomic E-state index is -4.19. The van der Waals surface area contributed by atoms with Crippen LogP contribution < -0.4 is 9.47 Å². The summed E-state index contributed by atoms with van der Waals surface area (Å²) in [7, 11) is 2.12. The molecule has 1 unspecified atom stereocenters. The Hall–Kier alpha value is -1.43. The van der Waals surface area contributed by atoms with Crippen molar-refractivity contribution in [3.63, 3.8) is 0 Å². The number of rotatable bonds is 6. The fourth-order valence-corrected chi connectivity index (χ4v) is 3.12.